The molecule has 0 spiro atoms. The maximum Gasteiger partial charge on any atom is 0.0355 e. The molecule has 1 aliphatic rings. The first-order valence-electron chi connectivity index (χ1n) is 6.69. The van der Waals surface area contributed by atoms with Crippen LogP contribution in [0.3, 0.4) is 0 Å². The highest BCUT2D eigenvalue weighted by atomic mass is 15.1. The predicted octanol–water partition coefficient (Wildman–Crippen LogP) is 4.53. The van der Waals surface area contributed by atoms with E-state index in [2.05, 4.69) is 51.4 Å². The van der Waals surface area contributed by atoms with Gasteiger partial charge in [-0.2, -0.15) is 0 Å². The molecule has 0 radical (unpaired) electrons. The minimum atomic E-state index is 0.777. The minimum absolute atomic E-state index is 0.777. The molecule has 0 atom stereocenters. The third kappa shape index (κ3) is 5.76. The van der Waals surface area contributed by atoms with Gasteiger partial charge in [-0.25, -0.2) is 0 Å². The Morgan fingerprint density at radius 3 is 2.41 bits per heavy atom. The summed E-state index contributed by atoms with van der Waals surface area (Å²) < 4.78 is 0. The summed E-state index contributed by atoms with van der Waals surface area (Å²) in [6, 6.07) is 0. The molecule has 1 aliphatic carbocycles. The topological polar surface area (TPSA) is 3.24 Å². The van der Waals surface area contributed by atoms with Gasteiger partial charge in [-0.1, -0.05) is 29.9 Å². The number of hydrogen-bond donors (Lipinski definition) is 0. The highest BCUT2D eigenvalue weighted by molar-refractivity contribution is 5.09. The van der Waals surface area contributed by atoms with Crippen molar-refractivity contribution in [3.8, 4) is 0 Å². The van der Waals surface area contributed by atoms with Crippen LogP contribution >= 0.6 is 0 Å². The summed E-state index contributed by atoms with van der Waals surface area (Å²) in [5, 5.41) is 0. The summed E-state index contributed by atoms with van der Waals surface area (Å²) in [5.74, 6) is 0.777. The van der Waals surface area contributed by atoms with E-state index < -0.39 is 0 Å². The predicted molar refractivity (Wildman–Crippen MR) is 76.9 cm³/mol. The van der Waals surface area contributed by atoms with Gasteiger partial charge in [0.1, 0.15) is 0 Å². The van der Waals surface area contributed by atoms with Crippen molar-refractivity contribution in [1.29, 1.82) is 0 Å². The van der Waals surface area contributed by atoms with Gasteiger partial charge in [0.05, 0.1) is 0 Å². The van der Waals surface area contributed by atoms with Gasteiger partial charge in [-0.05, 0) is 52.4 Å². The van der Waals surface area contributed by atoms with Crippen molar-refractivity contribution in [3.05, 3.63) is 35.6 Å². The van der Waals surface area contributed by atoms with Crippen LogP contribution in [0.25, 0.3) is 0 Å². The van der Waals surface area contributed by atoms with Gasteiger partial charge >= 0.3 is 0 Å². The monoisotopic (exact) mass is 233 g/mol. The molecule has 1 fully saturated rings. The lowest BCUT2D eigenvalue weighted by molar-refractivity contribution is 0.438. The Morgan fingerprint density at radius 1 is 1.24 bits per heavy atom. The SMILES string of the molecule is C=C(C1CC1)N(C)C/C=C(\C)CCC=C(C)C. The van der Waals surface area contributed by atoms with Gasteiger partial charge in [-0.3, -0.25) is 0 Å². The second kappa shape index (κ2) is 6.68. The maximum atomic E-state index is 4.17. The third-order valence-corrected chi connectivity index (χ3v) is 3.34. The first-order chi connectivity index (χ1) is 8.00. The molecule has 0 bridgehead atoms. The van der Waals surface area contributed by atoms with E-state index in [1.165, 1.54) is 36.1 Å². The van der Waals surface area contributed by atoms with E-state index in [0.29, 0.717) is 0 Å². The fraction of sp³-hybridized carbons (Fsp3) is 0.625. The lowest BCUT2D eigenvalue weighted by Gasteiger charge is -2.20. The van der Waals surface area contributed by atoms with Crippen molar-refractivity contribution in [2.75, 3.05) is 13.6 Å². The van der Waals surface area contributed by atoms with E-state index in [0.717, 1.165) is 18.9 Å². The Balaban J connectivity index is 2.26. The molecule has 1 nitrogen and oxygen atoms in total. The molecule has 0 heterocycles. The number of allylic oxidation sites excluding steroid dienone is 4. The van der Waals surface area contributed by atoms with Gasteiger partial charge in [0.2, 0.25) is 0 Å². The Kier molecular flexibility index (Phi) is 5.54. The minimum Gasteiger partial charge on any atom is -0.374 e. The van der Waals surface area contributed by atoms with Gasteiger partial charge in [0, 0.05) is 19.3 Å². The van der Waals surface area contributed by atoms with Crippen LogP contribution in [0, 0.1) is 5.92 Å². The Bertz CT molecular complexity index is 314. The van der Waals surface area contributed by atoms with Gasteiger partial charge in [0.15, 0.2) is 0 Å². The van der Waals surface area contributed by atoms with Crippen LogP contribution in [0.4, 0.5) is 0 Å². The first-order valence-corrected chi connectivity index (χ1v) is 6.69. The van der Waals surface area contributed by atoms with Crippen LogP contribution in [-0.4, -0.2) is 18.5 Å². The van der Waals surface area contributed by atoms with Crippen LogP contribution < -0.4 is 0 Å². The molecule has 0 amide bonds. The van der Waals surface area contributed by atoms with Crippen LogP contribution in [-0.2, 0) is 0 Å². The number of rotatable bonds is 7. The summed E-state index contributed by atoms with van der Waals surface area (Å²) in [6.45, 7) is 11.7. The molecule has 0 aromatic rings. The van der Waals surface area contributed by atoms with Gasteiger partial charge < -0.3 is 4.90 Å². The molecule has 0 unspecified atom stereocenters. The largest absolute Gasteiger partial charge is 0.374 e. The van der Waals surface area contributed by atoms with Crippen molar-refractivity contribution < 1.29 is 0 Å². The molecule has 0 aromatic carbocycles. The average Bonchev–Trinajstić information content (AvgIpc) is 3.08. The number of hydrogen-bond acceptors (Lipinski definition) is 1. The fourth-order valence-electron chi connectivity index (χ4n) is 1.83. The van der Waals surface area contributed by atoms with E-state index in [9.17, 15) is 0 Å². The van der Waals surface area contributed by atoms with Crippen molar-refractivity contribution in [1.82, 2.24) is 4.90 Å². The molecule has 0 aliphatic heterocycles. The highest BCUT2D eigenvalue weighted by Crippen LogP contribution is 2.36. The Hall–Kier alpha value is -0.980. The van der Waals surface area contributed by atoms with Crippen molar-refractivity contribution in [2.24, 2.45) is 5.92 Å². The summed E-state index contributed by atoms with van der Waals surface area (Å²) >= 11 is 0. The standard InChI is InChI=1S/C16H27N/c1-13(2)7-6-8-14(3)11-12-17(5)15(4)16-9-10-16/h7,11,16H,4,6,8-10,12H2,1-3,5H3/b14-11+. The van der Waals surface area contributed by atoms with Crippen LogP contribution in [0.5, 0.6) is 0 Å². The average molecular weight is 233 g/mol. The quantitative estimate of drug-likeness (QED) is 0.584. The van der Waals surface area contributed by atoms with E-state index in [1.807, 2.05) is 0 Å². The van der Waals surface area contributed by atoms with E-state index in [4.69, 9.17) is 0 Å². The molecule has 1 heteroatoms. The van der Waals surface area contributed by atoms with Crippen molar-refractivity contribution in [3.63, 3.8) is 0 Å². The Labute approximate surface area is 107 Å². The zero-order valence-corrected chi connectivity index (χ0v) is 11.9. The third-order valence-electron chi connectivity index (χ3n) is 3.34. The molecule has 96 valence electrons. The molecular weight excluding hydrogens is 206 g/mol. The zero-order chi connectivity index (χ0) is 12.8. The second-order valence-corrected chi connectivity index (χ2v) is 5.52. The first kappa shape index (κ1) is 14.1. The second-order valence-electron chi connectivity index (χ2n) is 5.52. The lowest BCUT2D eigenvalue weighted by atomic mass is 10.1. The summed E-state index contributed by atoms with van der Waals surface area (Å²) in [7, 11) is 2.15. The van der Waals surface area contributed by atoms with Gasteiger partial charge in [0.25, 0.3) is 0 Å². The van der Waals surface area contributed by atoms with Crippen LogP contribution in [0.15, 0.2) is 35.6 Å². The molecule has 1 rings (SSSR count). The van der Waals surface area contributed by atoms with Crippen LogP contribution in [0.2, 0.25) is 0 Å². The van der Waals surface area contributed by atoms with E-state index >= 15 is 0 Å². The smallest absolute Gasteiger partial charge is 0.0355 e. The molecule has 0 saturated heterocycles. The van der Waals surface area contributed by atoms with Gasteiger partial charge in [-0.15, -0.1) is 0 Å². The summed E-state index contributed by atoms with van der Waals surface area (Å²) in [5.41, 5.74) is 4.22. The zero-order valence-electron chi connectivity index (χ0n) is 11.9. The Morgan fingerprint density at radius 2 is 1.88 bits per heavy atom. The number of likely N-dealkylation sites (N-methyl/N-ethyl adjacent to an activating group) is 1. The fourth-order valence-corrected chi connectivity index (χ4v) is 1.83. The summed E-state index contributed by atoms with van der Waals surface area (Å²) in [4.78, 5) is 2.29. The highest BCUT2D eigenvalue weighted by Gasteiger charge is 2.26. The van der Waals surface area contributed by atoms with Crippen molar-refractivity contribution >= 4 is 0 Å². The molecule has 0 aromatic heterocycles. The summed E-state index contributed by atoms with van der Waals surface area (Å²) in [6.07, 6.45) is 9.67. The molecule has 0 N–H and O–H groups in total. The molecule has 1 saturated carbocycles. The van der Waals surface area contributed by atoms with E-state index in [1.54, 1.807) is 0 Å². The normalized spacial score (nSPS) is 15.6. The molecular formula is C16H27N. The van der Waals surface area contributed by atoms with Crippen molar-refractivity contribution in [2.45, 2.75) is 46.5 Å². The van der Waals surface area contributed by atoms with E-state index in [-0.39, 0.29) is 0 Å². The number of nitrogens with zero attached hydrogens (tertiary/aromatic N) is 1. The maximum absolute atomic E-state index is 4.17. The molecule has 17 heavy (non-hydrogen) atoms. The van der Waals surface area contributed by atoms with Crippen LogP contribution in [0.1, 0.15) is 46.5 Å². The lowest BCUT2D eigenvalue weighted by Crippen LogP contribution is -2.18.